The number of hydrogen-bond acceptors (Lipinski definition) is 3. The number of benzene rings is 4. The molecule has 1 aliphatic carbocycles. The van der Waals surface area contributed by atoms with Gasteiger partial charge in [0.2, 0.25) is 6.71 Å². The quantitative estimate of drug-likeness (QED) is 0.211. The summed E-state index contributed by atoms with van der Waals surface area (Å²) in [7, 11) is 0. The van der Waals surface area contributed by atoms with E-state index < -0.39 is 0 Å². The Labute approximate surface area is 228 Å². The van der Waals surface area contributed by atoms with Crippen LogP contribution in [0.4, 0.5) is 11.4 Å². The van der Waals surface area contributed by atoms with Gasteiger partial charge in [0.1, 0.15) is 0 Å². The van der Waals surface area contributed by atoms with E-state index in [1.807, 2.05) is 23.5 Å². The summed E-state index contributed by atoms with van der Waals surface area (Å²) in [4.78, 5) is 8.21. The van der Waals surface area contributed by atoms with Gasteiger partial charge < -0.3 is 4.90 Å². The Balaban J connectivity index is 1.32. The predicted octanol–water partition coefficient (Wildman–Crippen LogP) is 7.39. The first-order valence-electron chi connectivity index (χ1n) is 13.4. The molecule has 0 amide bonds. The highest BCUT2D eigenvalue weighted by molar-refractivity contribution is 8.01. The van der Waals surface area contributed by atoms with E-state index >= 15 is 0 Å². The number of nitrogens with zero attached hydrogens (tertiary/aromatic N) is 1. The van der Waals surface area contributed by atoms with Crippen LogP contribution in [0.1, 0.15) is 45.1 Å². The molecule has 180 valence electrons. The van der Waals surface area contributed by atoms with Crippen molar-refractivity contribution in [2.45, 2.75) is 64.5 Å². The molecule has 0 radical (unpaired) electrons. The van der Waals surface area contributed by atoms with Crippen molar-refractivity contribution < 1.29 is 0 Å². The molecule has 37 heavy (non-hydrogen) atoms. The minimum Gasteiger partial charge on any atom is -0.314 e. The molecule has 0 aromatic heterocycles. The molecule has 0 atom stereocenters. The molecule has 3 aliphatic heterocycles. The second-order valence-electron chi connectivity index (χ2n) is 11.2. The van der Waals surface area contributed by atoms with Crippen LogP contribution >= 0.6 is 23.5 Å². The first-order valence-corrected chi connectivity index (χ1v) is 15.1. The Morgan fingerprint density at radius 2 is 1.41 bits per heavy atom. The van der Waals surface area contributed by atoms with E-state index in [1.54, 1.807) is 5.57 Å². The summed E-state index contributed by atoms with van der Waals surface area (Å²) in [6.45, 7) is 5.17. The lowest BCUT2D eigenvalue weighted by atomic mass is 9.36. The lowest BCUT2D eigenvalue weighted by Gasteiger charge is -2.46. The molecule has 3 heterocycles. The lowest BCUT2D eigenvalue weighted by Crippen LogP contribution is -2.58. The number of anilines is 2. The van der Waals surface area contributed by atoms with Gasteiger partial charge in [0, 0.05) is 42.1 Å². The van der Waals surface area contributed by atoms with E-state index in [9.17, 15) is 0 Å². The van der Waals surface area contributed by atoms with Crippen LogP contribution in [0, 0.1) is 0 Å². The second-order valence-corrected chi connectivity index (χ2v) is 13.3. The number of hydrogen-bond donors (Lipinski definition) is 0. The molecule has 0 bridgehead atoms. The van der Waals surface area contributed by atoms with E-state index in [-0.39, 0.29) is 5.41 Å². The maximum absolute atomic E-state index is 2.60. The van der Waals surface area contributed by atoms with Crippen molar-refractivity contribution in [3.8, 4) is 0 Å². The van der Waals surface area contributed by atoms with Crippen molar-refractivity contribution >= 4 is 58.0 Å². The molecule has 0 saturated heterocycles. The molecule has 0 saturated carbocycles. The van der Waals surface area contributed by atoms with Gasteiger partial charge in [-0.2, -0.15) is 0 Å². The van der Waals surface area contributed by atoms with E-state index in [1.165, 1.54) is 77.9 Å². The molecule has 0 fully saturated rings. The zero-order chi connectivity index (χ0) is 24.7. The highest BCUT2D eigenvalue weighted by Crippen LogP contribution is 2.52. The minimum atomic E-state index is 0.0879. The smallest absolute Gasteiger partial charge is 0.247 e. The van der Waals surface area contributed by atoms with E-state index in [0.29, 0.717) is 6.71 Å². The van der Waals surface area contributed by atoms with Gasteiger partial charge in [-0.05, 0) is 78.7 Å². The summed E-state index contributed by atoms with van der Waals surface area (Å²) < 4.78 is 0. The van der Waals surface area contributed by atoms with Crippen LogP contribution in [-0.4, -0.2) is 6.71 Å². The van der Waals surface area contributed by atoms with E-state index in [0.717, 1.165) is 6.42 Å². The SMILES string of the molecule is CC1(C)C2=C(CCCC2)N(c2ccc3c(c2)Sc2cccc4c2B3c2ccccc2S4)c2ccccc21. The van der Waals surface area contributed by atoms with Crippen LogP contribution in [0.25, 0.3) is 0 Å². The largest absolute Gasteiger partial charge is 0.314 e. The van der Waals surface area contributed by atoms with Crippen LogP contribution in [0.2, 0.25) is 0 Å². The van der Waals surface area contributed by atoms with Gasteiger partial charge in [-0.1, -0.05) is 96.8 Å². The van der Waals surface area contributed by atoms with Crippen LogP contribution in [0.3, 0.4) is 0 Å². The van der Waals surface area contributed by atoms with Crippen molar-refractivity contribution in [1.29, 1.82) is 0 Å². The maximum Gasteiger partial charge on any atom is 0.247 e. The molecule has 1 nitrogen and oxygen atoms in total. The number of fused-ring (bicyclic) bond motifs is 5. The zero-order valence-corrected chi connectivity index (χ0v) is 22.9. The molecular formula is C33H28BNS2. The van der Waals surface area contributed by atoms with Gasteiger partial charge in [-0.3, -0.25) is 0 Å². The molecule has 0 unspecified atom stereocenters. The van der Waals surface area contributed by atoms with Crippen molar-refractivity contribution in [3.63, 3.8) is 0 Å². The molecule has 4 aliphatic rings. The van der Waals surface area contributed by atoms with Crippen molar-refractivity contribution in [3.05, 3.63) is 102 Å². The highest BCUT2D eigenvalue weighted by Gasteiger charge is 2.41. The van der Waals surface area contributed by atoms with Gasteiger partial charge in [0.05, 0.1) is 0 Å². The fourth-order valence-corrected chi connectivity index (χ4v) is 9.55. The molecule has 8 rings (SSSR count). The molecule has 0 N–H and O–H groups in total. The predicted molar refractivity (Wildman–Crippen MR) is 159 cm³/mol. The minimum absolute atomic E-state index is 0.0879. The fourth-order valence-electron chi connectivity index (χ4n) is 7.11. The first-order chi connectivity index (χ1) is 18.1. The van der Waals surface area contributed by atoms with Crippen molar-refractivity contribution in [1.82, 2.24) is 0 Å². The fraction of sp³-hybridized carbons (Fsp3) is 0.212. The third kappa shape index (κ3) is 3.15. The average molecular weight is 514 g/mol. The standard InChI is InChI=1S/C33H28BNS2/c1-33(2)22-10-3-6-13-26(22)35(27-14-7-4-11-23(27)33)21-18-19-25-31(20-21)37-30-17-9-16-29-32(30)34(25)24-12-5-8-15-28(24)36-29/h3,5-6,8-10,12-13,15-20H,4,7,11,14H2,1-2H3. The normalized spacial score (nSPS) is 18.4. The molecule has 4 heteroatoms. The third-order valence-electron chi connectivity index (χ3n) is 8.83. The first kappa shape index (κ1) is 22.2. The second kappa shape index (κ2) is 8.09. The lowest BCUT2D eigenvalue weighted by molar-refractivity contribution is 0.517. The summed E-state index contributed by atoms with van der Waals surface area (Å²) >= 11 is 3.88. The van der Waals surface area contributed by atoms with Crippen molar-refractivity contribution in [2.75, 3.05) is 4.90 Å². The van der Waals surface area contributed by atoms with E-state index in [4.69, 9.17) is 0 Å². The molecule has 0 spiro atoms. The summed E-state index contributed by atoms with van der Waals surface area (Å²) in [6.07, 6.45) is 4.95. The van der Waals surface area contributed by atoms with Gasteiger partial charge >= 0.3 is 0 Å². The van der Waals surface area contributed by atoms with Gasteiger partial charge in [-0.25, -0.2) is 0 Å². The Kier molecular flexibility index (Phi) is 4.85. The summed E-state index contributed by atoms with van der Waals surface area (Å²) in [6, 6.07) is 32.3. The van der Waals surface area contributed by atoms with E-state index in [2.05, 4.69) is 104 Å². The summed E-state index contributed by atoms with van der Waals surface area (Å²) in [5, 5.41) is 0. The average Bonchev–Trinajstić information content (AvgIpc) is 2.93. The maximum atomic E-state index is 2.60. The number of rotatable bonds is 1. The van der Waals surface area contributed by atoms with Crippen LogP contribution in [0.5, 0.6) is 0 Å². The zero-order valence-electron chi connectivity index (χ0n) is 21.3. The third-order valence-corrected chi connectivity index (χ3v) is 11.1. The monoisotopic (exact) mass is 513 g/mol. The van der Waals surface area contributed by atoms with Crippen LogP contribution in [-0.2, 0) is 5.41 Å². The van der Waals surface area contributed by atoms with Gasteiger partial charge in [0.25, 0.3) is 0 Å². The Morgan fingerprint density at radius 3 is 2.30 bits per heavy atom. The van der Waals surface area contributed by atoms with Crippen LogP contribution in [0.15, 0.2) is 116 Å². The molecule has 4 aromatic carbocycles. The Morgan fingerprint density at radius 1 is 0.703 bits per heavy atom. The summed E-state index contributed by atoms with van der Waals surface area (Å²) in [5.41, 5.74) is 11.8. The molecular weight excluding hydrogens is 485 g/mol. The van der Waals surface area contributed by atoms with Crippen molar-refractivity contribution in [2.24, 2.45) is 0 Å². The van der Waals surface area contributed by atoms with Gasteiger partial charge in [-0.15, -0.1) is 0 Å². The van der Waals surface area contributed by atoms with Gasteiger partial charge in [0.15, 0.2) is 0 Å². The Hall–Kier alpha value is -2.82. The summed E-state index contributed by atoms with van der Waals surface area (Å²) in [5.74, 6) is 0. The topological polar surface area (TPSA) is 3.24 Å². The number of para-hydroxylation sites is 1. The molecule has 4 aromatic rings. The highest BCUT2D eigenvalue weighted by atomic mass is 32.2. The van der Waals surface area contributed by atoms with Crippen LogP contribution < -0.4 is 21.3 Å². The number of allylic oxidation sites excluding steroid dienone is 2. The Bertz CT molecular complexity index is 1640.